The zero-order valence-electron chi connectivity index (χ0n) is 21.8. The number of rotatable bonds is 5. The largest absolute Gasteiger partial charge is 0.382 e. The summed E-state index contributed by atoms with van der Waals surface area (Å²) in [6.07, 6.45) is 6.90. The molecule has 5 aromatic rings. The van der Waals surface area contributed by atoms with Crippen LogP contribution in [-0.4, -0.2) is 42.6 Å². The van der Waals surface area contributed by atoms with Gasteiger partial charge in [0.15, 0.2) is 11.5 Å². The summed E-state index contributed by atoms with van der Waals surface area (Å²) in [7, 11) is 0. The summed E-state index contributed by atoms with van der Waals surface area (Å²) < 4.78 is 7.62. The van der Waals surface area contributed by atoms with E-state index in [2.05, 4.69) is 49.1 Å². The zero-order chi connectivity index (χ0) is 27.3. The Morgan fingerprint density at radius 3 is 2.83 bits per heavy atom. The van der Waals surface area contributed by atoms with E-state index >= 15 is 0 Å². The molecular weight excluding hydrogens is 526 g/mol. The lowest BCUT2D eigenvalue weighted by Crippen LogP contribution is -2.52. The first-order chi connectivity index (χ1) is 19.5. The molecule has 0 bridgehead atoms. The molecule has 1 fully saturated rings. The molecule has 40 heavy (non-hydrogen) atoms. The van der Waals surface area contributed by atoms with E-state index < -0.39 is 5.54 Å². The molecular formula is C29H28ClN9O. The second kappa shape index (κ2) is 9.81. The fraction of sp³-hybridized carbons (Fsp3) is 0.276. The number of nitrogen functional groups attached to an aromatic ring is 1. The standard InChI is InChI=1S/C29H28ClN9O/c30-25-4-1-3-24(37-25)29(32)7-2-8-38(15-29)23-11-33-22(18-5-6-19-13-40-14-21(19)9-18)10-20(23)12-39-17-36-26-27(31)34-16-35-28(26)39/h1,3-6,9-11,16-17H,2,7-8,12-15,32H2,(H2,31,34,35). The number of fused-ring (bicyclic) bond motifs is 2. The van der Waals surface area contributed by atoms with Crippen molar-refractivity contribution in [3.63, 3.8) is 0 Å². The average Bonchev–Trinajstić information content (AvgIpc) is 3.61. The molecule has 6 heterocycles. The second-order valence-electron chi connectivity index (χ2n) is 10.5. The molecule has 0 saturated carbocycles. The van der Waals surface area contributed by atoms with Crippen molar-refractivity contribution in [2.75, 3.05) is 23.7 Å². The van der Waals surface area contributed by atoms with Crippen molar-refractivity contribution in [2.24, 2.45) is 5.73 Å². The van der Waals surface area contributed by atoms with Crippen LogP contribution in [0.1, 0.15) is 35.2 Å². The average molecular weight is 554 g/mol. The molecule has 2 aliphatic heterocycles. The number of piperidine rings is 1. The Kier molecular flexibility index (Phi) is 6.10. The third-order valence-electron chi connectivity index (χ3n) is 7.84. The smallest absolute Gasteiger partial charge is 0.165 e. The predicted octanol–water partition coefficient (Wildman–Crippen LogP) is 4.05. The Hall–Kier alpha value is -4.12. The Balaban J connectivity index is 1.30. The highest BCUT2D eigenvalue weighted by Crippen LogP contribution is 2.35. The number of benzene rings is 1. The number of anilines is 2. The van der Waals surface area contributed by atoms with Crippen molar-refractivity contribution < 1.29 is 4.74 Å². The summed E-state index contributed by atoms with van der Waals surface area (Å²) in [6.45, 7) is 3.24. The first kappa shape index (κ1) is 24.9. The van der Waals surface area contributed by atoms with Crippen molar-refractivity contribution >= 4 is 34.3 Å². The van der Waals surface area contributed by atoms with Crippen LogP contribution in [0, 0.1) is 0 Å². The molecule has 11 heteroatoms. The number of aromatic nitrogens is 6. The van der Waals surface area contributed by atoms with Crippen LogP contribution in [0.15, 0.2) is 61.3 Å². The molecule has 2 aliphatic rings. The molecule has 0 spiro atoms. The Labute approximate surface area is 236 Å². The van der Waals surface area contributed by atoms with Gasteiger partial charge in [-0.25, -0.2) is 19.9 Å². The third kappa shape index (κ3) is 4.43. The van der Waals surface area contributed by atoms with Gasteiger partial charge in [-0.3, -0.25) is 4.98 Å². The van der Waals surface area contributed by atoms with Crippen molar-refractivity contribution in [3.8, 4) is 11.3 Å². The van der Waals surface area contributed by atoms with Crippen LogP contribution in [-0.2, 0) is 30.0 Å². The Morgan fingerprint density at radius 1 is 1.02 bits per heavy atom. The quantitative estimate of drug-likeness (QED) is 0.309. The highest BCUT2D eigenvalue weighted by Gasteiger charge is 2.35. The molecule has 4 aromatic heterocycles. The molecule has 1 unspecified atom stereocenters. The van der Waals surface area contributed by atoms with Crippen LogP contribution in [0.2, 0.25) is 5.15 Å². The van der Waals surface area contributed by atoms with E-state index in [-0.39, 0.29) is 0 Å². The first-order valence-electron chi connectivity index (χ1n) is 13.2. The minimum atomic E-state index is -0.636. The Bertz CT molecular complexity index is 1740. The van der Waals surface area contributed by atoms with E-state index in [1.165, 1.54) is 17.5 Å². The summed E-state index contributed by atoms with van der Waals surface area (Å²) in [5, 5.41) is 0.444. The summed E-state index contributed by atoms with van der Waals surface area (Å²) in [6, 6.07) is 14.2. The van der Waals surface area contributed by atoms with Gasteiger partial charge in [-0.15, -0.1) is 0 Å². The molecule has 0 amide bonds. The van der Waals surface area contributed by atoms with E-state index in [1.807, 2.05) is 22.9 Å². The first-order valence-corrected chi connectivity index (χ1v) is 13.6. The number of imidazole rings is 1. The highest BCUT2D eigenvalue weighted by molar-refractivity contribution is 6.29. The van der Waals surface area contributed by atoms with Gasteiger partial charge in [-0.1, -0.05) is 29.8 Å². The summed E-state index contributed by atoms with van der Waals surface area (Å²) >= 11 is 6.23. The van der Waals surface area contributed by atoms with E-state index in [9.17, 15) is 0 Å². The fourth-order valence-corrected chi connectivity index (χ4v) is 5.94. The summed E-state index contributed by atoms with van der Waals surface area (Å²) in [5.74, 6) is 0.359. The maximum absolute atomic E-state index is 6.99. The summed E-state index contributed by atoms with van der Waals surface area (Å²) in [5.41, 5.74) is 20.9. The SMILES string of the molecule is Nc1ncnc2c1ncn2Cc1cc(-c2ccc3c(c2)COC3)ncc1N1CCCC(N)(c2cccc(Cl)n2)C1. The van der Waals surface area contributed by atoms with Gasteiger partial charge in [-0.2, -0.15) is 0 Å². The van der Waals surface area contributed by atoms with E-state index in [0.717, 1.165) is 47.6 Å². The number of ether oxygens (including phenoxy) is 1. The van der Waals surface area contributed by atoms with Crippen LogP contribution < -0.4 is 16.4 Å². The second-order valence-corrected chi connectivity index (χ2v) is 10.9. The van der Waals surface area contributed by atoms with Gasteiger partial charge in [-0.05, 0) is 53.8 Å². The number of hydrogen-bond donors (Lipinski definition) is 2. The molecule has 0 radical (unpaired) electrons. The van der Waals surface area contributed by atoms with Crippen molar-refractivity contribution in [1.82, 2.24) is 29.5 Å². The van der Waals surface area contributed by atoms with Crippen LogP contribution in [0.5, 0.6) is 0 Å². The van der Waals surface area contributed by atoms with E-state index in [1.54, 1.807) is 12.4 Å². The Morgan fingerprint density at radius 2 is 1.93 bits per heavy atom. The maximum Gasteiger partial charge on any atom is 0.165 e. The highest BCUT2D eigenvalue weighted by atomic mass is 35.5. The molecule has 202 valence electrons. The minimum absolute atomic E-state index is 0.359. The van der Waals surface area contributed by atoms with Crippen LogP contribution in [0.25, 0.3) is 22.4 Å². The lowest BCUT2D eigenvalue weighted by atomic mass is 9.86. The molecule has 1 aromatic carbocycles. The van der Waals surface area contributed by atoms with Gasteiger partial charge in [0, 0.05) is 18.7 Å². The van der Waals surface area contributed by atoms with Crippen LogP contribution in [0.4, 0.5) is 11.5 Å². The fourth-order valence-electron chi connectivity index (χ4n) is 5.77. The molecule has 0 aliphatic carbocycles. The number of hydrogen-bond acceptors (Lipinski definition) is 9. The number of nitrogens with two attached hydrogens (primary N) is 2. The minimum Gasteiger partial charge on any atom is -0.382 e. The lowest BCUT2D eigenvalue weighted by Gasteiger charge is -2.41. The molecule has 10 nitrogen and oxygen atoms in total. The number of halogens is 1. The van der Waals surface area contributed by atoms with Crippen molar-refractivity contribution in [3.05, 3.63) is 88.9 Å². The zero-order valence-corrected chi connectivity index (χ0v) is 22.6. The summed E-state index contributed by atoms with van der Waals surface area (Å²) in [4.78, 5) is 24.8. The third-order valence-corrected chi connectivity index (χ3v) is 8.05. The van der Waals surface area contributed by atoms with Crippen LogP contribution in [0.3, 0.4) is 0 Å². The van der Waals surface area contributed by atoms with Crippen LogP contribution >= 0.6 is 11.6 Å². The lowest BCUT2D eigenvalue weighted by molar-refractivity contribution is 0.134. The topological polar surface area (TPSA) is 134 Å². The van der Waals surface area contributed by atoms with Gasteiger partial charge in [0.25, 0.3) is 0 Å². The van der Waals surface area contributed by atoms with E-state index in [0.29, 0.717) is 48.4 Å². The maximum atomic E-state index is 6.99. The molecule has 1 saturated heterocycles. The predicted molar refractivity (Wildman–Crippen MR) is 154 cm³/mol. The van der Waals surface area contributed by atoms with Gasteiger partial charge in [0.2, 0.25) is 0 Å². The number of nitrogens with zero attached hydrogens (tertiary/aromatic N) is 7. The van der Waals surface area contributed by atoms with Gasteiger partial charge in [0.05, 0.1) is 54.9 Å². The van der Waals surface area contributed by atoms with Crippen molar-refractivity contribution in [1.29, 1.82) is 0 Å². The molecule has 4 N–H and O–H groups in total. The van der Waals surface area contributed by atoms with Gasteiger partial charge >= 0.3 is 0 Å². The molecule has 1 atom stereocenters. The number of pyridine rings is 2. The monoisotopic (exact) mass is 553 g/mol. The van der Waals surface area contributed by atoms with E-state index in [4.69, 9.17) is 32.8 Å². The van der Waals surface area contributed by atoms with Gasteiger partial charge < -0.3 is 25.7 Å². The molecule has 7 rings (SSSR count). The normalized spacial score (nSPS) is 18.8. The van der Waals surface area contributed by atoms with Crippen molar-refractivity contribution in [2.45, 2.75) is 38.1 Å². The van der Waals surface area contributed by atoms with Gasteiger partial charge in [0.1, 0.15) is 17.0 Å².